The summed E-state index contributed by atoms with van der Waals surface area (Å²) in [5.41, 5.74) is 0. The second-order valence-corrected chi connectivity index (χ2v) is 6.00. The molecular weight excluding hydrogens is 198 g/mol. The fourth-order valence-electron chi connectivity index (χ4n) is 0.856. The maximum absolute atomic E-state index is 13.4. The molecule has 1 unspecified atom stereocenters. The van der Waals surface area contributed by atoms with Crippen LogP contribution in [-0.2, 0) is 9.84 Å². The van der Waals surface area contributed by atoms with Crippen LogP contribution in [0.3, 0.4) is 0 Å². The van der Waals surface area contributed by atoms with Crippen molar-refractivity contribution in [1.29, 1.82) is 0 Å². The number of halogens is 2. The highest BCUT2D eigenvalue weighted by Crippen LogP contribution is 2.27. The minimum absolute atomic E-state index is 0.170. The summed E-state index contributed by atoms with van der Waals surface area (Å²) in [6.45, 7) is 2.21. The lowest BCUT2D eigenvalue weighted by molar-refractivity contribution is 0.186. The van der Waals surface area contributed by atoms with Gasteiger partial charge in [0.1, 0.15) is 6.67 Å². The van der Waals surface area contributed by atoms with Gasteiger partial charge in [0.25, 0.3) is 0 Å². The van der Waals surface area contributed by atoms with Gasteiger partial charge in [-0.2, -0.15) is 0 Å². The Bertz CT molecular complexity index is 249. The van der Waals surface area contributed by atoms with Crippen molar-refractivity contribution in [2.24, 2.45) is 5.92 Å². The van der Waals surface area contributed by atoms with Crippen molar-refractivity contribution >= 4 is 9.84 Å². The summed E-state index contributed by atoms with van der Waals surface area (Å²) in [6, 6.07) is 0. The van der Waals surface area contributed by atoms with E-state index in [2.05, 4.69) is 0 Å². The van der Waals surface area contributed by atoms with E-state index >= 15 is 0 Å². The van der Waals surface area contributed by atoms with Crippen LogP contribution in [0, 0.1) is 5.92 Å². The topological polar surface area (TPSA) is 34.1 Å². The molecule has 0 aliphatic heterocycles. The van der Waals surface area contributed by atoms with E-state index in [1.165, 1.54) is 0 Å². The Labute approximate surface area is 78.3 Å². The van der Waals surface area contributed by atoms with Gasteiger partial charge in [0.05, 0.1) is 0 Å². The molecule has 0 saturated heterocycles. The van der Waals surface area contributed by atoms with Crippen LogP contribution in [0.4, 0.5) is 8.78 Å². The first kappa shape index (κ1) is 12.8. The zero-order valence-corrected chi connectivity index (χ0v) is 9.00. The summed E-state index contributed by atoms with van der Waals surface area (Å²) in [4.78, 5) is 0. The van der Waals surface area contributed by atoms with Gasteiger partial charge in [-0.3, -0.25) is 0 Å². The van der Waals surface area contributed by atoms with Crippen molar-refractivity contribution in [3.63, 3.8) is 0 Å². The molecule has 80 valence electrons. The van der Waals surface area contributed by atoms with E-state index in [4.69, 9.17) is 0 Å². The van der Waals surface area contributed by atoms with Crippen LogP contribution in [0.25, 0.3) is 0 Å². The maximum atomic E-state index is 13.4. The molecule has 2 nitrogen and oxygen atoms in total. The van der Waals surface area contributed by atoms with Crippen molar-refractivity contribution in [3.8, 4) is 0 Å². The van der Waals surface area contributed by atoms with Gasteiger partial charge in [-0.15, -0.1) is 0 Å². The highest BCUT2D eigenvalue weighted by Gasteiger charge is 2.40. The van der Waals surface area contributed by atoms with Crippen molar-refractivity contribution in [1.82, 2.24) is 0 Å². The van der Waals surface area contributed by atoms with Crippen LogP contribution in [0.5, 0.6) is 0 Å². The monoisotopic (exact) mass is 214 g/mol. The average molecular weight is 214 g/mol. The lowest BCUT2D eigenvalue weighted by Crippen LogP contribution is -2.35. The first-order valence-corrected chi connectivity index (χ1v) is 6.06. The zero-order chi connectivity index (χ0) is 10.7. The van der Waals surface area contributed by atoms with Crippen LogP contribution in [0.15, 0.2) is 0 Å². The molecule has 0 aromatic heterocycles. The minimum Gasteiger partial charge on any atom is -0.246 e. The molecule has 0 aliphatic carbocycles. The van der Waals surface area contributed by atoms with E-state index in [9.17, 15) is 17.2 Å². The summed E-state index contributed by atoms with van der Waals surface area (Å²) in [5, 5.41) is -2.68. The third-order valence-corrected chi connectivity index (χ3v) is 3.60. The second-order valence-electron chi connectivity index (χ2n) is 3.72. The molecule has 0 radical (unpaired) electrons. The maximum Gasteiger partial charge on any atom is 0.238 e. The molecule has 0 aliphatic rings. The van der Waals surface area contributed by atoms with E-state index in [1.54, 1.807) is 0 Å². The molecule has 0 saturated carbocycles. The van der Waals surface area contributed by atoms with E-state index in [-0.39, 0.29) is 12.3 Å². The summed E-state index contributed by atoms with van der Waals surface area (Å²) in [5.74, 6) is 0.170. The van der Waals surface area contributed by atoms with E-state index < -0.39 is 21.5 Å². The molecule has 0 bridgehead atoms. The predicted molar refractivity (Wildman–Crippen MR) is 48.7 cm³/mol. The second kappa shape index (κ2) is 4.35. The lowest BCUT2D eigenvalue weighted by Gasteiger charge is -2.20. The van der Waals surface area contributed by atoms with E-state index in [1.807, 2.05) is 13.8 Å². The van der Waals surface area contributed by atoms with Gasteiger partial charge in [0.15, 0.2) is 9.84 Å². The molecule has 0 fully saturated rings. The van der Waals surface area contributed by atoms with Gasteiger partial charge in [-0.25, -0.2) is 17.2 Å². The Kier molecular flexibility index (Phi) is 4.29. The third kappa shape index (κ3) is 3.58. The van der Waals surface area contributed by atoms with Gasteiger partial charge in [-0.1, -0.05) is 13.8 Å². The molecule has 0 spiro atoms. The zero-order valence-electron chi connectivity index (χ0n) is 8.18. The molecule has 0 amide bonds. The number of sulfone groups is 1. The average Bonchev–Trinajstić information content (AvgIpc) is 1.98. The molecule has 0 heterocycles. The summed E-state index contributed by atoms with van der Waals surface area (Å²) >= 11 is 0. The van der Waals surface area contributed by atoms with Gasteiger partial charge in [0.2, 0.25) is 5.00 Å². The SMILES string of the molecule is CC(C)CCC(F)(CF)S(C)(=O)=O. The van der Waals surface area contributed by atoms with Crippen LogP contribution < -0.4 is 0 Å². The smallest absolute Gasteiger partial charge is 0.238 e. The highest BCUT2D eigenvalue weighted by molar-refractivity contribution is 7.91. The molecule has 0 aromatic rings. The Balaban J connectivity index is 4.48. The largest absolute Gasteiger partial charge is 0.246 e. The fourth-order valence-corrected chi connectivity index (χ4v) is 1.54. The van der Waals surface area contributed by atoms with Gasteiger partial charge < -0.3 is 0 Å². The van der Waals surface area contributed by atoms with E-state index in [0.29, 0.717) is 6.42 Å². The van der Waals surface area contributed by atoms with Crippen LogP contribution in [-0.4, -0.2) is 26.3 Å². The summed E-state index contributed by atoms with van der Waals surface area (Å²) in [7, 11) is -3.95. The van der Waals surface area contributed by atoms with Gasteiger partial charge in [0, 0.05) is 6.26 Å². The molecule has 0 rings (SSSR count). The Morgan fingerprint density at radius 2 is 1.85 bits per heavy atom. The van der Waals surface area contributed by atoms with Crippen molar-refractivity contribution < 1.29 is 17.2 Å². The first-order chi connectivity index (χ1) is 5.73. The predicted octanol–water partition coefficient (Wildman–Crippen LogP) is 2.10. The fraction of sp³-hybridized carbons (Fsp3) is 1.00. The molecule has 13 heavy (non-hydrogen) atoms. The molecule has 5 heteroatoms. The molecule has 0 N–H and O–H groups in total. The van der Waals surface area contributed by atoms with Gasteiger partial charge in [-0.05, 0) is 18.8 Å². The number of rotatable bonds is 5. The molecular formula is C8H16F2O2S. The third-order valence-electron chi connectivity index (χ3n) is 1.96. The van der Waals surface area contributed by atoms with Crippen molar-refractivity contribution in [3.05, 3.63) is 0 Å². The van der Waals surface area contributed by atoms with Crippen molar-refractivity contribution in [2.75, 3.05) is 12.9 Å². The standard InChI is InChI=1S/C8H16F2O2S/c1-7(2)4-5-8(10,6-9)13(3,11)12/h7H,4-6H2,1-3H3. The van der Waals surface area contributed by atoms with Crippen LogP contribution in [0.1, 0.15) is 26.7 Å². The first-order valence-electron chi connectivity index (χ1n) is 4.17. The lowest BCUT2D eigenvalue weighted by atomic mass is 10.1. The summed E-state index contributed by atoms with van der Waals surface area (Å²) in [6.07, 6.45) is 0.834. The molecule has 1 atom stereocenters. The Morgan fingerprint density at radius 3 is 2.08 bits per heavy atom. The van der Waals surface area contributed by atoms with Gasteiger partial charge >= 0.3 is 0 Å². The minimum atomic E-state index is -3.95. The Hall–Kier alpha value is -0.190. The van der Waals surface area contributed by atoms with Crippen LogP contribution in [0.2, 0.25) is 0 Å². The van der Waals surface area contributed by atoms with Crippen LogP contribution >= 0.6 is 0 Å². The van der Waals surface area contributed by atoms with Crippen molar-refractivity contribution in [2.45, 2.75) is 31.7 Å². The highest BCUT2D eigenvalue weighted by atomic mass is 32.2. The summed E-state index contributed by atoms with van der Waals surface area (Å²) < 4.78 is 47.4. The normalized spacial score (nSPS) is 17.4. The number of hydrogen-bond donors (Lipinski definition) is 0. The quantitative estimate of drug-likeness (QED) is 0.702. The van der Waals surface area contributed by atoms with E-state index in [0.717, 1.165) is 6.26 Å². The Morgan fingerprint density at radius 1 is 1.38 bits per heavy atom. The molecule has 0 aromatic carbocycles. The number of hydrogen-bond acceptors (Lipinski definition) is 2. The number of alkyl halides is 2.